The Bertz CT molecular complexity index is 1400. The van der Waals surface area contributed by atoms with Crippen molar-refractivity contribution in [2.24, 2.45) is 11.8 Å². The number of ether oxygens (including phenoxy) is 1. The number of fused-ring (bicyclic) bond motifs is 3. The third-order valence-corrected chi connectivity index (χ3v) is 8.91. The van der Waals surface area contributed by atoms with E-state index in [-0.39, 0.29) is 23.8 Å². The van der Waals surface area contributed by atoms with Crippen molar-refractivity contribution < 1.29 is 14.3 Å². The summed E-state index contributed by atoms with van der Waals surface area (Å²) in [5.41, 5.74) is 1.22. The third kappa shape index (κ3) is 4.60. The molecule has 3 aliphatic rings. The van der Waals surface area contributed by atoms with E-state index in [1.807, 2.05) is 46.3 Å². The summed E-state index contributed by atoms with van der Waals surface area (Å²) in [7, 11) is 0. The molecule has 3 aliphatic heterocycles. The van der Waals surface area contributed by atoms with Crippen molar-refractivity contribution in [2.45, 2.75) is 38.1 Å². The Hall–Kier alpha value is -3.00. The highest BCUT2D eigenvalue weighted by Crippen LogP contribution is 2.48. The van der Waals surface area contributed by atoms with Gasteiger partial charge in [0.15, 0.2) is 0 Å². The molecule has 1 aromatic heterocycles. The number of nitrogens with zero attached hydrogens (tertiary/aromatic N) is 3. The van der Waals surface area contributed by atoms with Gasteiger partial charge in [-0.15, -0.1) is 0 Å². The zero-order valence-corrected chi connectivity index (χ0v) is 23.3. The molecule has 8 heteroatoms. The van der Waals surface area contributed by atoms with Crippen molar-refractivity contribution in [3.05, 3.63) is 71.0 Å². The van der Waals surface area contributed by atoms with E-state index >= 15 is 0 Å². The maximum atomic E-state index is 14.9. The average Bonchev–Trinajstić information content (AvgIpc) is 3.22. The molecule has 3 aromatic rings. The first-order valence-electron chi connectivity index (χ1n) is 13.9. The molecule has 6 rings (SSSR count). The fourth-order valence-corrected chi connectivity index (χ4v) is 6.81. The molecular formula is C31H35ClN4O3. The smallest absolute Gasteiger partial charge is 0.254 e. The van der Waals surface area contributed by atoms with Gasteiger partial charge in [0, 0.05) is 78.9 Å². The van der Waals surface area contributed by atoms with Crippen molar-refractivity contribution in [1.82, 2.24) is 15.2 Å². The number of carbonyl (C=O) groups is 2. The fourth-order valence-electron chi connectivity index (χ4n) is 6.64. The van der Waals surface area contributed by atoms with Crippen molar-refractivity contribution >= 4 is 39.9 Å². The lowest BCUT2D eigenvalue weighted by Crippen LogP contribution is -2.58. The molecule has 0 unspecified atom stereocenters. The Labute approximate surface area is 234 Å². The van der Waals surface area contributed by atoms with Gasteiger partial charge in [0.05, 0.1) is 17.3 Å². The van der Waals surface area contributed by atoms with E-state index in [2.05, 4.69) is 24.1 Å². The fraction of sp³-hybridized carbons (Fsp3) is 0.452. The van der Waals surface area contributed by atoms with Gasteiger partial charge in [-0.2, -0.15) is 0 Å². The van der Waals surface area contributed by atoms with E-state index in [1.165, 1.54) is 0 Å². The van der Waals surface area contributed by atoms with Gasteiger partial charge < -0.3 is 19.9 Å². The quantitative estimate of drug-likeness (QED) is 0.486. The van der Waals surface area contributed by atoms with Crippen LogP contribution in [0.25, 0.3) is 10.8 Å². The molecule has 1 N–H and O–H groups in total. The molecule has 4 heterocycles. The molecule has 2 saturated heterocycles. The molecule has 0 bridgehead atoms. The first-order valence-corrected chi connectivity index (χ1v) is 14.3. The predicted molar refractivity (Wildman–Crippen MR) is 153 cm³/mol. The number of hydrogen-bond acceptors (Lipinski definition) is 5. The van der Waals surface area contributed by atoms with E-state index in [0.29, 0.717) is 55.9 Å². The standard InChI is InChI=1S/C31H35ClN4O3/c1-20(2)34-15-23-18-36(28-16-33-14-22-5-3-4-6-25(22)28)30(38)31(23)19-35(17-21-9-11-39-12-10-21)29(37)26-8-7-24(32)13-27(26)31/h3-8,13-14,16,20-21,23,34H,9-12,15,17-19H2,1-2H3/t23-,31+/m1/s1. The van der Waals surface area contributed by atoms with Crippen LogP contribution in [-0.4, -0.2) is 67.1 Å². The third-order valence-electron chi connectivity index (χ3n) is 8.68. The molecule has 2 fully saturated rings. The van der Waals surface area contributed by atoms with Crippen LogP contribution >= 0.6 is 11.6 Å². The van der Waals surface area contributed by atoms with Crippen LogP contribution in [-0.2, 0) is 14.9 Å². The lowest BCUT2D eigenvalue weighted by atomic mass is 9.67. The highest BCUT2D eigenvalue weighted by Gasteiger charge is 2.59. The topological polar surface area (TPSA) is 74.8 Å². The summed E-state index contributed by atoms with van der Waals surface area (Å²) in [6.45, 7) is 7.79. The zero-order chi connectivity index (χ0) is 27.1. The second-order valence-electron chi connectivity index (χ2n) is 11.5. The van der Waals surface area contributed by atoms with Gasteiger partial charge in [0.2, 0.25) is 5.91 Å². The van der Waals surface area contributed by atoms with Gasteiger partial charge in [0.25, 0.3) is 5.91 Å². The number of rotatable bonds is 6. The Morgan fingerprint density at radius 2 is 1.92 bits per heavy atom. The van der Waals surface area contributed by atoms with Gasteiger partial charge in [-0.1, -0.05) is 49.7 Å². The molecule has 204 valence electrons. The first kappa shape index (κ1) is 26.2. The van der Waals surface area contributed by atoms with Crippen LogP contribution in [0.3, 0.4) is 0 Å². The van der Waals surface area contributed by atoms with Crippen LogP contribution in [0.5, 0.6) is 0 Å². The van der Waals surface area contributed by atoms with E-state index in [9.17, 15) is 9.59 Å². The Kier molecular flexibility index (Phi) is 7.08. The number of nitrogens with one attached hydrogen (secondary N) is 1. The minimum absolute atomic E-state index is 0.00389. The second kappa shape index (κ2) is 10.5. The van der Waals surface area contributed by atoms with Crippen LogP contribution < -0.4 is 10.2 Å². The highest BCUT2D eigenvalue weighted by molar-refractivity contribution is 6.31. The summed E-state index contributed by atoms with van der Waals surface area (Å²) >= 11 is 6.54. The number of amides is 2. The lowest BCUT2D eigenvalue weighted by Gasteiger charge is -2.44. The number of carbonyl (C=O) groups excluding carboxylic acids is 2. The minimum atomic E-state index is -0.919. The number of hydrogen-bond donors (Lipinski definition) is 1. The molecule has 7 nitrogen and oxygen atoms in total. The van der Waals surface area contributed by atoms with Crippen LogP contribution in [0, 0.1) is 11.8 Å². The summed E-state index contributed by atoms with van der Waals surface area (Å²) in [5, 5.41) is 6.11. The molecule has 2 aromatic carbocycles. The molecule has 0 radical (unpaired) electrons. The van der Waals surface area contributed by atoms with Crippen LogP contribution in [0.1, 0.15) is 42.6 Å². The number of halogens is 1. The van der Waals surface area contributed by atoms with E-state index in [0.717, 1.165) is 34.9 Å². The monoisotopic (exact) mass is 546 g/mol. The largest absolute Gasteiger partial charge is 0.381 e. The molecule has 0 aliphatic carbocycles. The van der Waals surface area contributed by atoms with Crippen molar-refractivity contribution in [3.63, 3.8) is 0 Å². The van der Waals surface area contributed by atoms with Gasteiger partial charge in [-0.3, -0.25) is 14.6 Å². The Balaban J connectivity index is 1.48. The van der Waals surface area contributed by atoms with Crippen LogP contribution in [0.15, 0.2) is 54.9 Å². The molecule has 2 atom stereocenters. The maximum absolute atomic E-state index is 14.9. The molecular weight excluding hydrogens is 512 g/mol. The molecule has 1 spiro atoms. The van der Waals surface area contributed by atoms with E-state index in [1.54, 1.807) is 18.3 Å². The van der Waals surface area contributed by atoms with E-state index < -0.39 is 5.41 Å². The number of benzene rings is 2. The predicted octanol–water partition coefficient (Wildman–Crippen LogP) is 4.67. The Morgan fingerprint density at radius 3 is 2.72 bits per heavy atom. The second-order valence-corrected chi connectivity index (χ2v) is 11.9. The van der Waals surface area contributed by atoms with Crippen molar-refractivity contribution in [1.29, 1.82) is 0 Å². The number of aromatic nitrogens is 1. The lowest BCUT2D eigenvalue weighted by molar-refractivity contribution is -0.123. The number of anilines is 1. The highest BCUT2D eigenvalue weighted by atomic mass is 35.5. The first-order chi connectivity index (χ1) is 18.9. The Morgan fingerprint density at radius 1 is 1.13 bits per heavy atom. The molecule has 2 amide bonds. The summed E-state index contributed by atoms with van der Waals surface area (Å²) in [6, 6.07) is 13.7. The average molecular weight is 547 g/mol. The van der Waals surface area contributed by atoms with Gasteiger partial charge in [0.1, 0.15) is 0 Å². The van der Waals surface area contributed by atoms with Crippen LogP contribution in [0.2, 0.25) is 5.02 Å². The summed E-state index contributed by atoms with van der Waals surface area (Å²) in [4.78, 5) is 37.0. The summed E-state index contributed by atoms with van der Waals surface area (Å²) in [6.07, 6.45) is 5.46. The minimum Gasteiger partial charge on any atom is -0.381 e. The van der Waals surface area contributed by atoms with E-state index in [4.69, 9.17) is 16.3 Å². The van der Waals surface area contributed by atoms with Crippen molar-refractivity contribution in [3.8, 4) is 0 Å². The van der Waals surface area contributed by atoms with Gasteiger partial charge in [-0.05, 0) is 42.5 Å². The summed E-state index contributed by atoms with van der Waals surface area (Å²) in [5.74, 6) is 0.265. The van der Waals surface area contributed by atoms with Gasteiger partial charge >= 0.3 is 0 Å². The SMILES string of the molecule is CC(C)NC[C@@H]1CN(c2cncc3ccccc23)C(=O)[C@@]12CN(CC1CCOCC1)C(=O)c1ccc(Cl)cc12. The normalized spacial score (nSPS) is 23.8. The summed E-state index contributed by atoms with van der Waals surface area (Å²) < 4.78 is 5.57. The maximum Gasteiger partial charge on any atom is 0.254 e. The number of pyridine rings is 1. The van der Waals surface area contributed by atoms with Crippen molar-refractivity contribution in [2.75, 3.05) is 44.3 Å². The zero-order valence-electron chi connectivity index (χ0n) is 22.5. The molecule has 39 heavy (non-hydrogen) atoms. The van der Waals surface area contributed by atoms with Gasteiger partial charge in [-0.25, -0.2) is 0 Å². The van der Waals surface area contributed by atoms with Crippen LogP contribution in [0.4, 0.5) is 5.69 Å². The molecule has 0 saturated carbocycles.